The van der Waals surface area contributed by atoms with Crippen LogP contribution in [0.4, 0.5) is 0 Å². The van der Waals surface area contributed by atoms with E-state index in [2.05, 4.69) is 34.6 Å². The Morgan fingerprint density at radius 1 is 0.750 bits per heavy atom. The Kier molecular flexibility index (Phi) is 23.6. The van der Waals surface area contributed by atoms with Crippen molar-refractivity contribution in [1.29, 1.82) is 0 Å². The van der Waals surface area contributed by atoms with Crippen LogP contribution in [0.15, 0.2) is 0 Å². The monoisotopic (exact) mass is 357 g/mol. The van der Waals surface area contributed by atoms with Crippen molar-refractivity contribution in [3.63, 3.8) is 0 Å². The van der Waals surface area contributed by atoms with E-state index in [1.165, 1.54) is 57.8 Å². The molecule has 0 amide bonds. The van der Waals surface area contributed by atoms with Gasteiger partial charge >= 0.3 is 0 Å². The molecule has 0 aromatic carbocycles. The van der Waals surface area contributed by atoms with E-state index in [0.717, 1.165) is 24.2 Å². The molecule has 0 aliphatic carbocycles. The number of rotatable bonds is 12. The molecule has 0 spiro atoms. The normalized spacial score (nSPS) is 14.8. The van der Waals surface area contributed by atoms with Gasteiger partial charge in [-0.25, -0.2) is 0 Å². The summed E-state index contributed by atoms with van der Waals surface area (Å²) in [5, 5.41) is 0. The van der Waals surface area contributed by atoms with Crippen LogP contribution in [0.25, 0.3) is 0 Å². The molecular weight excluding hydrogens is 317 g/mol. The van der Waals surface area contributed by atoms with Gasteiger partial charge in [-0.3, -0.25) is 0 Å². The summed E-state index contributed by atoms with van der Waals surface area (Å²) in [6.07, 6.45) is 13.9. The van der Waals surface area contributed by atoms with Gasteiger partial charge in [0.05, 0.1) is 0 Å². The van der Waals surface area contributed by atoms with Crippen molar-refractivity contribution >= 4 is 0 Å². The third kappa shape index (κ3) is 17.2. The molecule has 121 valence electrons. The second-order valence-corrected chi connectivity index (χ2v) is 6.59. The molecule has 0 fully saturated rings. The molecule has 0 N–H and O–H groups in total. The van der Waals surface area contributed by atoms with Crippen molar-refractivity contribution in [1.82, 2.24) is 0 Å². The van der Waals surface area contributed by atoms with Crippen LogP contribution in [0, 0.1) is 32.1 Å². The van der Waals surface area contributed by atoms with Crippen molar-refractivity contribution in [2.45, 2.75) is 91.9 Å². The molecule has 3 unspecified atom stereocenters. The average molecular weight is 357 g/mol. The van der Waals surface area contributed by atoms with E-state index in [9.17, 15) is 0 Å². The van der Waals surface area contributed by atoms with Crippen molar-refractivity contribution in [3.8, 4) is 0 Å². The smallest absolute Gasteiger partial charge is 0 e. The van der Waals surface area contributed by atoms with Gasteiger partial charge in [0.1, 0.15) is 0 Å². The minimum Gasteiger partial charge on any atom is -0.358 e. The van der Waals surface area contributed by atoms with Crippen molar-refractivity contribution in [2.24, 2.45) is 17.8 Å². The van der Waals surface area contributed by atoms with Gasteiger partial charge in [0, 0.05) is 32.7 Å². The van der Waals surface area contributed by atoms with Crippen molar-refractivity contribution in [2.75, 3.05) is 0 Å². The Balaban J connectivity index is -0.00000144. The van der Waals surface area contributed by atoms with E-state index in [1.807, 2.05) is 0 Å². The number of hydrogen-bond donors (Lipinski definition) is 0. The minimum absolute atomic E-state index is 0. The second-order valence-electron chi connectivity index (χ2n) is 6.59. The van der Waals surface area contributed by atoms with Crippen LogP contribution in [0.5, 0.6) is 0 Å². The summed E-state index contributed by atoms with van der Waals surface area (Å²) in [6.45, 7) is 13.4. The zero-order valence-electron chi connectivity index (χ0n) is 15.1. The van der Waals surface area contributed by atoms with E-state index in [4.69, 9.17) is 0 Å². The topological polar surface area (TPSA) is 0 Å². The first-order valence-corrected chi connectivity index (χ1v) is 8.39. The zero-order chi connectivity index (χ0) is 13.8. The predicted octanol–water partition coefficient (Wildman–Crippen LogP) is 7.10. The Hall–Kier alpha value is 1.10. The van der Waals surface area contributed by atoms with E-state index in [1.54, 1.807) is 0 Å². The molecule has 0 saturated carbocycles. The summed E-state index contributed by atoms with van der Waals surface area (Å²) in [5.41, 5.74) is 0. The number of unbranched alkanes of at least 4 members (excludes halogenated alkanes) is 4. The SMILES string of the molecule is [CH2-]CC(C)CCCCCCCC(C)CC(C)CC.[CH3-].[Y]. The molecule has 0 rings (SSSR count). The van der Waals surface area contributed by atoms with Gasteiger partial charge in [-0.05, 0) is 18.3 Å². The maximum atomic E-state index is 3.96. The standard InChI is InChI=1S/C18H37.CH3.Y/c1-6-16(3)13-11-9-8-10-12-14-18(5)15-17(4)7-2;;/h16-18H,1,6-15H2,2-5H3;1H3;/q2*-1;. The molecule has 0 aliphatic heterocycles. The summed E-state index contributed by atoms with van der Waals surface area (Å²) in [4.78, 5) is 0. The Morgan fingerprint density at radius 3 is 1.65 bits per heavy atom. The molecule has 0 aliphatic rings. The fourth-order valence-corrected chi connectivity index (χ4v) is 2.63. The van der Waals surface area contributed by atoms with Crippen LogP contribution in [-0.4, -0.2) is 0 Å². The number of hydrogen-bond acceptors (Lipinski definition) is 0. The Morgan fingerprint density at radius 2 is 1.20 bits per heavy atom. The van der Waals surface area contributed by atoms with E-state index < -0.39 is 0 Å². The molecule has 0 aromatic heterocycles. The summed E-state index contributed by atoms with van der Waals surface area (Å²) in [7, 11) is 0. The fourth-order valence-electron chi connectivity index (χ4n) is 2.63. The first-order valence-electron chi connectivity index (χ1n) is 8.39. The molecule has 0 saturated heterocycles. The van der Waals surface area contributed by atoms with Gasteiger partial charge in [0.15, 0.2) is 0 Å². The first-order chi connectivity index (χ1) is 8.60. The van der Waals surface area contributed by atoms with Crippen LogP contribution >= 0.6 is 0 Å². The summed E-state index contributed by atoms with van der Waals surface area (Å²) >= 11 is 0. The summed E-state index contributed by atoms with van der Waals surface area (Å²) in [5.74, 6) is 2.69. The van der Waals surface area contributed by atoms with Crippen LogP contribution in [0.2, 0.25) is 0 Å². The van der Waals surface area contributed by atoms with Gasteiger partial charge in [-0.15, -0.1) is 0 Å². The van der Waals surface area contributed by atoms with Gasteiger partial charge in [0.25, 0.3) is 0 Å². The van der Waals surface area contributed by atoms with Crippen LogP contribution in [0.3, 0.4) is 0 Å². The van der Waals surface area contributed by atoms with Crippen LogP contribution in [0.1, 0.15) is 91.9 Å². The minimum atomic E-state index is 0. The molecule has 0 aromatic rings. The molecule has 0 nitrogen and oxygen atoms in total. The van der Waals surface area contributed by atoms with E-state index in [-0.39, 0.29) is 40.1 Å². The molecule has 1 radical (unpaired) electrons. The Bertz CT molecular complexity index is 167. The second kappa shape index (κ2) is 18.2. The molecular formula is C19H40Y-2. The third-order valence-electron chi connectivity index (χ3n) is 4.39. The van der Waals surface area contributed by atoms with E-state index >= 15 is 0 Å². The van der Waals surface area contributed by atoms with Gasteiger partial charge in [0.2, 0.25) is 0 Å². The zero-order valence-corrected chi connectivity index (χ0v) is 17.9. The molecule has 0 bridgehead atoms. The van der Waals surface area contributed by atoms with Gasteiger partial charge in [-0.1, -0.05) is 85.0 Å². The molecule has 20 heavy (non-hydrogen) atoms. The maximum Gasteiger partial charge on any atom is 0 e. The largest absolute Gasteiger partial charge is 0.358 e. The quantitative estimate of drug-likeness (QED) is 0.258. The van der Waals surface area contributed by atoms with Gasteiger partial charge in [-0.2, -0.15) is 6.42 Å². The summed E-state index contributed by atoms with van der Waals surface area (Å²) in [6, 6.07) is 0. The average Bonchev–Trinajstić information content (AvgIpc) is 2.36. The van der Waals surface area contributed by atoms with E-state index in [0.29, 0.717) is 0 Å². The first kappa shape index (κ1) is 26.0. The van der Waals surface area contributed by atoms with Crippen LogP contribution < -0.4 is 0 Å². The van der Waals surface area contributed by atoms with Crippen molar-refractivity contribution < 1.29 is 32.7 Å². The third-order valence-corrected chi connectivity index (χ3v) is 4.39. The van der Waals surface area contributed by atoms with Crippen LogP contribution in [-0.2, 0) is 32.7 Å². The molecule has 1 heteroatoms. The van der Waals surface area contributed by atoms with Gasteiger partial charge < -0.3 is 14.4 Å². The van der Waals surface area contributed by atoms with Crippen molar-refractivity contribution in [3.05, 3.63) is 14.4 Å². The summed E-state index contributed by atoms with van der Waals surface area (Å²) < 4.78 is 0. The maximum absolute atomic E-state index is 3.96. The molecule has 0 heterocycles. The fraction of sp³-hybridized carbons (Fsp3) is 0.895. The molecule has 3 atom stereocenters. The predicted molar refractivity (Wildman–Crippen MR) is 91.1 cm³/mol. The Labute approximate surface area is 156 Å².